The van der Waals surface area contributed by atoms with Crippen molar-refractivity contribution in [2.24, 2.45) is 11.8 Å². The van der Waals surface area contributed by atoms with E-state index in [4.69, 9.17) is 0 Å². The van der Waals surface area contributed by atoms with E-state index in [-0.39, 0.29) is 24.2 Å². The van der Waals surface area contributed by atoms with Crippen LogP contribution in [0.25, 0.3) is 0 Å². The third kappa shape index (κ3) is 5.49. The van der Waals surface area contributed by atoms with Crippen LogP contribution < -0.4 is 10.6 Å². The summed E-state index contributed by atoms with van der Waals surface area (Å²) >= 11 is 0. The van der Waals surface area contributed by atoms with E-state index >= 15 is 0 Å². The molecule has 24 heavy (non-hydrogen) atoms. The van der Waals surface area contributed by atoms with Crippen LogP contribution in [0.2, 0.25) is 0 Å². The highest BCUT2D eigenvalue weighted by Crippen LogP contribution is 2.24. The average molecular weight is 330 g/mol. The van der Waals surface area contributed by atoms with Crippen LogP contribution in [0, 0.1) is 11.8 Å². The van der Waals surface area contributed by atoms with E-state index in [0.29, 0.717) is 23.7 Å². The summed E-state index contributed by atoms with van der Waals surface area (Å²) in [6.45, 7) is 3.73. The van der Waals surface area contributed by atoms with E-state index in [1.165, 1.54) is 0 Å². The Hall–Kier alpha value is -2.14. The summed E-state index contributed by atoms with van der Waals surface area (Å²) < 4.78 is 0. The molecule has 2 atom stereocenters. The first kappa shape index (κ1) is 18.2. The molecule has 3 N–H and O–H groups in total. The van der Waals surface area contributed by atoms with E-state index in [2.05, 4.69) is 22.8 Å². The molecule has 1 aromatic carbocycles. The molecule has 0 saturated carbocycles. The van der Waals surface area contributed by atoms with Crippen LogP contribution in [-0.4, -0.2) is 23.0 Å². The number of hydrogen-bond donors (Lipinski definition) is 3. The zero-order valence-corrected chi connectivity index (χ0v) is 14.3. The number of allylic oxidation sites excluding steroid dienone is 2. The van der Waals surface area contributed by atoms with Crippen LogP contribution in [0.15, 0.2) is 36.4 Å². The predicted molar refractivity (Wildman–Crippen MR) is 95.6 cm³/mol. The number of carbonyl (C=O) groups is 2. The summed E-state index contributed by atoms with van der Waals surface area (Å²) in [6, 6.07) is 7.11. The number of anilines is 2. The lowest BCUT2D eigenvalue weighted by molar-refractivity contribution is -0.119. The SMILES string of the molecule is CC(C)C(O)CC(=O)Nc1ccccc1NC(=O)CC1C=CCC1. The van der Waals surface area contributed by atoms with Crippen LogP contribution in [-0.2, 0) is 9.59 Å². The van der Waals surface area contributed by atoms with Crippen LogP contribution >= 0.6 is 0 Å². The van der Waals surface area contributed by atoms with Crippen LogP contribution in [0.3, 0.4) is 0 Å². The Labute approximate surface area is 143 Å². The summed E-state index contributed by atoms with van der Waals surface area (Å²) in [5.74, 6) is -0.00908. The van der Waals surface area contributed by atoms with Gasteiger partial charge in [0.25, 0.3) is 0 Å². The molecular formula is C19H26N2O3. The van der Waals surface area contributed by atoms with Crippen molar-refractivity contribution in [3.05, 3.63) is 36.4 Å². The van der Waals surface area contributed by atoms with Gasteiger partial charge in [0.05, 0.1) is 23.9 Å². The van der Waals surface area contributed by atoms with Gasteiger partial charge in [-0.05, 0) is 36.8 Å². The average Bonchev–Trinajstić information content (AvgIpc) is 3.01. The van der Waals surface area contributed by atoms with Crippen molar-refractivity contribution >= 4 is 23.2 Å². The monoisotopic (exact) mass is 330 g/mol. The number of nitrogens with one attached hydrogen (secondary N) is 2. The summed E-state index contributed by atoms with van der Waals surface area (Å²) in [4.78, 5) is 24.2. The van der Waals surface area contributed by atoms with Gasteiger partial charge in [0.15, 0.2) is 0 Å². The fraction of sp³-hybridized carbons (Fsp3) is 0.474. The molecule has 5 heteroatoms. The summed E-state index contributed by atoms with van der Waals surface area (Å²) in [7, 11) is 0. The van der Waals surface area contributed by atoms with E-state index in [1.807, 2.05) is 19.9 Å². The van der Waals surface area contributed by atoms with E-state index in [1.54, 1.807) is 18.2 Å². The second-order valence-corrected chi connectivity index (χ2v) is 6.63. The van der Waals surface area contributed by atoms with E-state index in [9.17, 15) is 14.7 Å². The van der Waals surface area contributed by atoms with Crippen molar-refractivity contribution in [2.45, 2.75) is 45.6 Å². The van der Waals surface area contributed by atoms with E-state index < -0.39 is 6.10 Å². The number of aliphatic hydroxyl groups excluding tert-OH is 1. The Bertz CT molecular complexity index is 610. The van der Waals surface area contributed by atoms with Gasteiger partial charge in [0.2, 0.25) is 11.8 Å². The normalized spacial score (nSPS) is 17.8. The molecule has 0 radical (unpaired) electrons. The molecule has 1 aromatic rings. The van der Waals surface area contributed by atoms with Crippen LogP contribution in [0.1, 0.15) is 39.5 Å². The third-order valence-electron chi connectivity index (χ3n) is 4.20. The zero-order chi connectivity index (χ0) is 17.5. The second-order valence-electron chi connectivity index (χ2n) is 6.63. The van der Waals surface area contributed by atoms with Gasteiger partial charge in [-0.3, -0.25) is 9.59 Å². The first-order valence-corrected chi connectivity index (χ1v) is 8.49. The topological polar surface area (TPSA) is 78.4 Å². The standard InChI is InChI=1S/C19H26N2O3/c1-13(2)17(22)12-19(24)21-16-10-6-5-9-15(16)20-18(23)11-14-7-3-4-8-14/h3,5-7,9-10,13-14,17,22H,4,8,11-12H2,1-2H3,(H,20,23)(H,21,24). The minimum atomic E-state index is -0.680. The first-order valence-electron chi connectivity index (χ1n) is 8.49. The Morgan fingerprint density at radius 3 is 2.33 bits per heavy atom. The molecule has 0 bridgehead atoms. The van der Waals surface area contributed by atoms with Crippen LogP contribution in [0.5, 0.6) is 0 Å². The smallest absolute Gasteiger partial charge is 0.227 e. The molecule has 5 nitrogen and oxygen atoms in total. The second kappa shape index (κ2) is 8.64. The van der Waals surface area contributed by atoms with Gasteiger partial charge >= 0.3 is 0 Å². The number of benzene rings is 1. The maximum atomic E-state index is 12.2. The molecule has 2 amide bonds. The summed E-state index contributed by atoms with van der Waals surface area (Å²) in [6.07, 6.45) is 6.03. The van der Waals surface area contributed by atoms with Gasteiger partial charge in [0.1, 0.15) is 0 Å². The van der Waals surface area contributed by atoms with Crippen molar-refractivity contribution in [3.63, 3.8) is 0 Å². The summed E-state index contributed by atoms with van der Waals surface area (Å²) in [5.41, 5.74) is 1.13. The van der Waals surface area contributed by atoms with Crippen molar-refractivity contribution in [2.75, 3.05) is 10.6 Å². The zero-order valence-electron chi connectivity index (χ0n) is 14.3. The number of rotatable bonds is 7. The predicted octanol–water partition coefficient (Wildman–Crippen LogP) is 3.33. The highest BCUT2D eigenvalue weighted by atomic mass is 16.3. The lowest BCUT2D eigenvalue weighted by atomic mass is 10.0. The number of aliphatic hydroxyl groups is 1. The van der Waals surface area contributed by atoms with E-state index in [0.717, 1.165) is 12.8 Å². The molecule has 1 aliphatic rings. The Kier molecular flexibility index (Phi) is 6.55. The Morgan fingerprint density at radius 1 is 1.17 bits per heavy atom. The van der Waals surface area contributed by atoms with Gasteiger partial charge in [-0.1, -0.05) is 38.1 Å². The molecule has 2 unspecified atom stereocenters. The lowest BCUT2D eigenvalue weighted by Crippen LogP contribution is -2.24. The minimum Gasteiger partial charge on any atom is -0.392 e. The molecule has 0 aromatic heterocycles. The number of carbonyl (C=O) groups excluding carboxylic acids is 2. The molecule has 1 aliphatic carbocycles. The third-order valence-corrected chi connectivity index (χ3v) is 4.20. The Balaban J connectivity index is 1.95. The van der Waals surface area contributed by atoms with Gasteiger partial charge in [0, 0.05) is 6.42 Å². The minimum absolute atomic E-state index is 0.0187. The summed E-state index contributed by atoms with van der Waals surface area (Å²) in [5, 5.41) is 15.4. The van der Waals surface area contributed by atoms with Crippen molar-refractivity contribution in [3.8, 4) is 0 Å². The molecule has 0 aliphatic heterocycles. The number of hydrogen-bond acceptors (Lipinski definition) is 3. The maximum Gasteiger partial charge on any atom is 0.227 e. The molecule has 0 spiro atoms. The van der Waals surface area contributed by atoms with Gasteiger partial charge < -0.3 is 15.7 Å². The van der Waals surface area contributed by atoms with Gasteiger partial charge in [-0.2, -0.15) is 0 Å². The molecule has 2 rings (SSSR count). The fourth-order valence-corrected chi connectivity index (χ4v) is 2.63. The highest BCUT2D eigenvalue weighted by molar-refractivity contribution is 5.99. The van der Waals surface area contributed by atoms with Crippen molar-refractivity contribution < 1.29 is 14.7 Å². The molecular weight excluding hydrogens is 304 g/mol. The number of amides is 2. The Morgan fingerprint density at radius 2 is 1.79 bits per heavy atom. The van der Waals surface area contributed by atoms with Crippen LogP contribution in [0.4, 0.5) is 11.4 Å². The molecule has 0 fully saturated rings. The van der Waals surface area contributed by atoms with Crippen molar-refractivity contribution in [1.82, 2.24) is 0 Å². The van der Waals surface area contributed by atoms with Gasteiger partial charge in [-0.15, -0.1) is 0 Å². The first-order chi connectivity index (χ1) is 11.5. The largest absolute Gasteiger partial charge is 0.392 e. The van der Waals surface area contributed by atoms with Crippen molar-refractivity contribution in [1.29, 1.82) is 0 Å². The highest BCUT2D eigenvalue weighted by Gasteiger charge is 2.17. The molecule has 0 heterocycles. The molecule has 0 saturated heterocycles. The number of para-hydroxylation sites is 2. The maximum absolute atomic E-state index is 12.2. The fourth-order valence-electron chi connectivity index (χ4n) is 2.63. The van der Waals surface area contributed by atoms with Gasteiger partial charge in [-0.25, -0.2) is 0 Å². The quantitative estimate of drug-likeness (QED) is 0.671. The molecule has 130 valence electrons. The lowest BCUT2D eigenvalue weighted by Gasteiger charge is -2.16.